The van der Waals surface area contributed by atoms with E-state index in [1.54, 1.807) is 6.07 Å². The van der Waals surface area contributed by atoms with E-state index >= 15 is 0 Å². The molecule has 2 aromatic carbocycles. The molecule has 0 aromatic heterocycles. The van der Waals surface area contributed by atoms with E-state index in [0.717, 1.165) is 5.56 Å². The van der Waals surface area contributed by atoms with Gasteiger partial charge >= 0.3 is 0 Å². The van der Waals surface area contributed by atoms with E-state index in [0.29, 0.717) is 8.95 Å². The average Bonchev–Trinajstić information content (AvgIpc) is 2.39. The van der Waals surface area contributed by atoms with Crippen molar-refractivity contribution in [3.63, 3.8) is 0 Å². The molecule has 2 aromatic rings. The van der Waals surface area contributed by atoms with E-state index in [-0.39, 0.29) is 16.1 Å². The predicted molar refractivity (Wildman–Crippen MR) is 88.5 cm³/mol. The van der Waals surface area contributed by atoms with Crippen LogP contribution in [0.1, 0.15) is 11.1 Å². The van der Waals surface area contributed by atoms with Crippen LogP contribution in [0.15, 0.2) is 44.2 Å². The van der Waals surface area contributed by atoms with Crippen LogP contribution < -0.4 is 4.72 Å². The topological polar surface area (TPSA) is 46.2 Å². The summed E-state index contributed by atoms with van der Waals surface area (Å²) in [4.78, 5) is 0.0867. The summed E-state index contributed by atoms with van der Waals surface area (Å²) in [5, 5.41) is 0. The molecule has 0 unspecified atom stereocenters. The first-order valence-corrected chi connectivity index (χ1v) is 9.03. The highest BCUT2D eigenvalue weighted by Crippen LogP contribution is 2.30. The highest BCUT2D eigenvalue weighted by molar-refractivity contribution is 9.11. The second-order valence-electron chi connectivity index (χ2n) is 4.55. The Kier molecular flexibility index (Phi) is 4.75. The Bertz CT molecular complexity index is 807. The third kappa shape index (κ3) is 3.46. The standard InChI is InChI=1S/C14H12Br2FNO2S/c1-8-6-11(16)14(7-10(8)15)21(19,20)18-13-5-3-4-12(17)9(13)2/h3-7,18H,1-2H3. The smallest absolute Gasteiger partial charge is 0.263 e. The molecule has 1 N–H and O–H groups in total. The summed E-state index contributed by atoms with van der Waals surface area (Å²) in [6.07, 6.45) is 0. The van der Waals surface area contributed by atoms with Gasteiger partial charge in [-0.2, -0.15) is 0 Å². The summed E-state index contributed by atoms with van der Waals surface area (Å²) in [7, 11) is -3.82. The van der Waals surface area contributed by atoms with Gasteiger partial charge in [-0.15, -0.1) is 0 Å². The molecule has 7 heteroatoms. The van der Waals surface area contributed by atoms with Crippen LogP contribution in [0, 0.1) is 19.7 Å². The van der Waals surface area contributed by atoms with E-state index in [1.165, 1.54) is 31.2 Å². The van der Waals surface area contributed by atoms with E-state index in [9.17, 15) is 12.8 Å². The number of nitrogens with one attached hydrogen (secondary N) is 1. The molecular weight excluding hydrogens is 425 g/mol. The Morgan fingerprint density at radius 2 is 1.76 bits per heavy atom. The van der Waals surface area contributed by atoms with Crippen molar-refractivity contribution in [1.29, 1.82) is 0 Å². The summed E-state index contributed by atoms with van der Waals surface area (Å²) in [6.45, 7) is 3.38. The van der Waals surface area contributed by atoms with Crippen LogP contribution in [0.2, 0.25) is 0 Å². The van der Waals surface area contributed by atoms with Crippen LogP contribution in [0.25, 0.3) is 0 Å². The molecule has 21 heavy (non-hydrogen) atoms. The van der Waals surface area contributed by atoms with Crippen molar-refractivity contribution >= 4 is 47.6 Å². The molecule has 0 bridgehead atoms. The lowest BCUT2D eigenvalue weighted by Crippen LogP contribution is -2.15. The summed E-state index contributed by atoms with van der Waals surface area (Å²) < 4.78 is 42.0. The fourth-order valence-corrected chi connectivity index (χ4v) is 4.55. The fraction of sp³-hybridized carbons (Fsp3) is 0.143. The Morgan fingerprint density at radius 3 is 2.43 bits per heavy atom. The first-order chi connectivity index (χ1) is 9.72. The molecule has 0 heterocycles. The van der Waals surface area contributed by atoms with Gasteiger partial charge < -0.3 is 0 Å². The van der Waals surface area contributed by atoms with Crippen molar-refractivity contribution in [2.24, 2.45) is 0 Å². The lowest BCUT2D eigenvalue weighted by molar-refractivity contribution is 0.600. The van der Waals surface area contributed by atoms with Gasteiger partial charge in [0, 0.05) is 14.5 Å². The monoisotopic (exact) mass is 435 g/mol. The second-order valence-corrected chi connectivity index (χ2v) is 7.91. The van der Waals surface area contributed by atoms with Crippen LogP contribution in [-0.4, -0.2) is 8.42 Å². The molecule has 0 spiro atoms. The molecule has 3 nitrogen and oxygen atoms in total. The molecule has 0 saturated heterocycles. The SMILES string of the molecule is Cc1cc(Br)c(S(=O)(=O)Nc2cccc(F)c2C)cc1Br. The Hall–Kier alpha value is -0.920. The Balaban J connectivity index is 2.48. The summed E-state index contributed by atoms with van der Waals surface area (Å²) in [5.41, 5.74) is 1.38. The molecule has 0 aliphatic heterocycles. The molecule has 0 aliphatic rings. The van der Waals surface area contributed by atoms with Crippen LogP contribution in [0.3, 0.4) is 0 Å². The molecule has 0 saturated carbocycles. The minimum absolute atomic E-state index is 0.0867. The molecule has 0 radical (unpaired) electrons. The van der Waals surface area contributed by atoms with Gasteiger partial charge in [-0.1, -0.05) is 22.0 Å². The van der Waals surface area contributed by atoms with E-state index in [4.69, 9.17) is 0 Å². The molecule has 0 fully saturated rings. The van der Waals surface area contributed by atoms with Crippen LogP contribution in [0.5, 0.6) is 0 Å². The predicted octanol–water partition coefficient (Wildman–Crippen LogP) is 4.77. The molecule has 0 atom stereocenters. The van der Waals surface area contributed by atoms with Gasteiger partial charge in [-0.25, -0.2) is 12.8 Å². The van der Waals surface area contributed by atoms with Crippen LogP contribution in [-0.2, 0) is 10.0 Å². The Morgan fingerprint density at radius 1 is 1.10 bits per heavy atom. The van der Waals surface area contributed by atoms with Crippen molar-refractivity contribution < 1.29 is 12.8 Å². The van der Waals surface area contributed by atoms with Gasteiger partial charge in [-0.3, -0.25) is 4.72 Å². The van der Waals surface area contributed by atoms with Gasteiger partial charge in [-0.05, 0) is 59.6 Å². The van der Waals surface area contributed by atoms with Gasteiger partial charge in [0.05, 0.1) is 5.69 Å². The van der Waals surface area contributed by atoms with Crippen LogP contribution >= 0.6 is 31.9 Å². The minimum Gasteiger partial charge on any atom is -0.279 e. The van der Waals surface area contributed by atoms with Crippen molar-refractivity contribution in [3.05, 3.63) is 56.2 Å². The van der Waals surface area contributed by atoms with Crippen molar-refractivity contribution in [2.75, 3.05) is 4.72 Å². The quantitative estimate of drug-likeness (QED) is 0.753. The third-order valence-electron chi connectivity index (χ3n) is 3.01. The zero-order valence-corrected chi connectivity index (χ0v) is 15.2. The van der Waals surface area contributed by atoms with Crippen molar-refractivity contribution in [1.82, 2.24) is 0 Å². The zero-order valence-electron chi connectivity index (χ0n) is 11.2. The number of aryl methyl sites for hydroxylation is 1. The van der Waals surface area contributed by atoms with Crippen LogP contribution in [0.4, 0.5) is 10.1 Å². The second kappa shape index (κ2) is 6.06. The van der Waals surface area contributed by atoms with E-state index in [1.807, 2.05) is 6.92 Å². The third-order valence-corrected chi connectivity index (χ3v) is 6.19. The number of hydrogen-bond acceptors (Lipinski definition) is 2. The average molecular weight is 437 g/mol. The van der Waals surface area contributed by atoms with Gasteiger partial charge in [0.15, 0.2) is 0 Å². The molecule has 0 aliphatic carbocycles. The maximum Gasteiger partial charge on any atom is 0.263 e. The fourth-order valence-electron chi connectivity index (χ4n) is 1.75. The molecule has 2 rings (SSSR count). The van der Waals surface area contributed by atoms with Gasteiger partial charge in [0.25, 0.3) is 10.0 Å². The van der Waals surface area contributed by atoms with E-state index < -0.39 is 15.8 Å². The van der Waals surface area contributed by atoms with E-state index in [2.05, 4.69) is 36.6 Å². The summed E-state index contributed by atoms with van der Waals surface area (Å²) in [6, 6.07) is 7.48. The van der Waals surface area contributed by atoms with Gasteiger partial charge in [0.1, 0.15) is 10.7 Å². The number of hydrogen-bond donors (Lipinski definition) is 1. The van der Waals surface area contributed by atoms with Crippen molar-refractivity contribution in [2.45, 2.75) is 18.7 Å². The molecule has 0 amide bonds. The molecular formula is C14H12Br2FNO2S. The number of benzene rings is 2. The normalized spacial score (nSPS) is 11.5. The zero-order chi connectivity index (χ0) is 15.8. The maximum atomic E-state index is 13.5. The maximum absolute atomic E-state index is 13.5. The number of sulfonamides is 1. The minimum atomic E-state index is -3.82. The lowest BCUT2D eigenvalue weighted by Gasteiger charge is -2.13. The largest absolute Gasteiger partial charge is 0.279 e. The van der Waals surface area contributed by atoms with Gasteiger partial charge in [0.2, 0.25) is 0 Å². The number of anilines is 1. The summed E-state index contributed by atoms with van der Waals surface area (Å²) in [5.74, 6) is -0.459. The first kappa shape index (κ1) is 16.5. The molecule has 112 valence electrons. The first-order valence-electron chi connectivity index (χ1n) is 5.96. The number of rotatable bonds is 3. The lowest BCUT2D eigenvalue weighted by atomic mass is 10.2. The highest BCUT2D eigenvalue weighted by Gasteiger charge is 2.20. The number of halogens is 3. The van der Waals surface area contributed by atoms with Crippen molar-refractivity contribution in [3.8, 4) is 0 Å². The summed E-state index contributed by atoms with van der Waals surface area (Å²) >= 11 is 6.56. The Labute approximate surface area is 139 Å². The highest BCUT2D eigenvalue weighted by atomic mass is 79.9.